The molecular formula is C23H32N2O6. The van der Waals surface area contributed by atoms with Crippen LogP contribution in [0.4, 0.5) is 4.79 Å². The number of carbonyl (C=O) groups excluding carboxylic acids is 4. The molecule has 3 N–H and O–H groups in total. The molecule has 0 heterocycles. The van der Waals surface area contributed by atoms with Gasteiger partial charge >= 0.3 is 12.1 Å². The summed E-state index contributed by atoms with van der Waals surface area (Å²) in [7, 11) is 0. The number of Topliss-reactive ketones (excluding diaryl/α,β-unsaturated/α-hetero) is 1. The number of amides is 2. The Hall–Kier alpha value is -2.90. The van der Waals surface area contributed by atoms with Crippen LogP contribution in [0, 0.1) is 5.92 Å². The Kier molecular flexibility index (Phi) is 7.14. The minimum absolute atomic E-state index is 0.0686. The van der Waals surface area contributed by atoms with E-state index in [-0.39, 0.29) is 24.2 Å². The van der Waals surface area contributed by atoms with E-state index < -0.39 is 35.1 Å². The lowest BCUT2D eigenvalue weighted by atomic mass is 9.99. The zero-order chi connectivity index (χ0) is 23.6. The molecule has 2 amide bonds. The number of benzene rings is 1. The minimum Gasteiger partial charge on any atom is -0.460 e. The second kappa shape index (κ2) is 9.08. The number of hydrogen-bond acceptors (Lipinski definition) is 6. The van der Waals surface area contributed by atoms with Crippen molar-refractivity contribution in [3.8, 4) is 0 Å². The van der Waals surface area contributed by atoms with Crippen LogP contribution in [-0.2, 0) is 19.1 Å². The molecule has 0 saturated heterocycles. The Morgan fingerprint density at radius 3 is 2.00 bits per heavy atom. The molecule has 1 aliphatic rings. The Labute approximate surface area is 182 Å². The largest absolute Gasteiger partial charge is 0.460 e. The minimum atomic E-state index is -1.14. The number of nitrogens with two attached hydrogens (primary N) is 1. The zero-order valence-electron chi connectivity index (χ0n) is 19.0. The molecule has 170 valence electrons. The van der Waals surface area contributed by atoms with Gasteiger partial charge in [0.2, 0.25) is 5.91 Å². The fraction of sp³-hybridized carbons (Fsp3) is 0.565. The summed E-state index contributed by atoms with van der Waals surface area (Å²) in [4.78, 5) is 48.9. The predicted molar refractivity (Wildman–Crippen MR) is 114 cm³/mol. The Morgan fingerprint density at radius 1 is 1.00 bits per heavy atom. The smallest absolute Gasteiger partial charge is 0.408 e. The van der Waals surface area contributed by atoms with Gasteiger partial charge in [-0.3, -0.25) is 14.4 Å². The number of ether oxygens (including phenoxy) is 2. The van der Waals surface area contributed by atoms with Crippen LogP contribution >= 0.6 is 0 Å². The molecule has 0 radical (unpaired) electrons. The Morgan fingerprint density at radius 2 is 1.55 bits per heavy atom. The third kappa shape index (κ3) is 7.70. The predicted octanol–water partition coefficient (Wildman–Crippen LogP) is 3.08. The highest BCUT2D eigenvalue weighted by Crippen LogP contribution is 2.47. The van der Waals surface area contributed by atoms with Crippen molar-refractivity contribution in [1.82, 2.24) is 5.32 Å². The molecule has 3 atom stereocenters. The van der Waals surface area contributed by atoms with E-state index in [0.29, 0.717) is 12.0 Å². The van der Waals surface area contributed by atoms with Gasteiger partial charge in [-0.2, -0.15) is 0 Å². The van der Waals surface area contributed by atoms with Crippen LogP contribution in [0.5, 0.6) is 0 Å². The topological polar surface area (TPSA) is 125 Å². The highest BCUT2D eigenvalue weighted by Gasteiger charge is 2.42. The van der Waals surface area contributed by atoms with Crippen molar-refractivity contribution in [2.75, 3.05) is 0 Å². The standard InChI is InChI=1S/C23H32N2O6/c1-22(2,3)30-18(26)12-17(25-21(29)31-23(4,5)6)19(27)14-9-7-13(8-10-14)15-11-16(15)20(24)28/h7-10,15-17H,11-12H2,1-6H3,(H2,24,28)(H,25,29)/t15-,16+,17-/m0/s1. The van der Waals surface area contributed by atoms with E-state index in [4.69, 9.17) is 15.2 Å². The first-order chi connectivity index (χ1) is 14.2. The lowest BCUT2D eigenvalue weighted by molar-refractivity contribution is -0.155. The molecule has 1 aliphatic carbocycles. The number of esters is 1. The molecule has 31 heavy (non-hydrogen) atoms. The summed E-state index contributed by atoms with van der Waals surface area (Å²) in [5, 5.41) is 2.49. The number of hydrogen-bond donors (Lipinski definition) is 2. The monoisotopic (exact) mass is 432 g/mol. The third-order valence-corrected chi connectivity index (χ3v) is 4.58. The quantitative estimate of drug-likeness (QED) is 0.504. The zero-order valence-corrected chi connectivity index (χ0v) is 19.0. The lowest BCUT2D eigenvalue weighted by Crippen LogP contribution is -2.45. The van der Waals surface area contributed by atoms with E-state index in [9.17, 15) is 19.2 Å². The van der Waals surface area contributed by atoms with Gasteiger partial charge in [-0.25, -0.2) is 4.79 Å². The molecule has 1 aromatic rings. The van der Waals surface area contributed by atoms with Gasteiger partial charge in [-0.05, 0) is 59.4 Å². The van der Waals surface area contributed by atoms with Crippen LogP contribution in [0.25, 0.3) is 0 Å². The van der Waals surface area contributed by atoms with Gasteiger partial charge < -0.3 is 20.5 Å². The van der Waals surface area contributed by atoms with Gasteiger partial charge in [-0.1, -0.05) is 24.3 Å². The summed E-state index contributed by atoms with van der Waals surface area (Å²) in [6, 6.07) is 5.62. The van der Waals surface area contributed by atoms with Crippen LogP contribution in [0.1, 0.15) is 76.2 Å². The van der Waals surface area contributed by atoms with Crippen LogP contribution in [-0.4, -0.2) is 41.0 Å². The maximum atomic E-state index is 13.1. The SMILES string of the molecule is CC(C)(C)OC(=O)C[C@H](NC(=O)OC(C)(C)C)C(=O)c1ccc([C@@H]2C[C@H]2C(N)=O)cc1. The first-order valence-corrected chi connectivity index (χ1v) is 10.3. The Balaban J connectivity index is 2.15. The third-order valence-electron chi connectivity index (χ3n) is 4.58. The summed E-state index contributed by atoms with van der Waals surface area (Å²) in [6.45, 7) is 10.3. The number of rotatable bonds is 7. The van der Waals surface area contributed by atoms with Crippen LogP contribution in [0.2, 0.25) is 0 Å². The van der Waals surface area contributed by atoms with Gasteiger partial charge in [0.25, 0.3) is 0 Å². The average molecular weight is 433 g/mol. The van der Waals surface area contributed by atoms with Crippen molar-refractivity contribution < 1.29 is 28.7 Å². The molecule has 8 heteroatoms. The molecule has 0 unspecified atom stereocenters. The van der Waals surface area contributed by atoms with Crippen LogP contribution < -0.4 is 11.1 Å². The van der Waals surface area contributed by atoms with E-state index >= 15 is 0 Å². The number of carbonyl (C=O) groups is 4. The molecule has 1 fully saturated rings. The number of nitrogens with one attached hydrogen (secondary N) is 1. The van der Waals surface area contributed by atoms with Crippen molar-refractivity contribution in [2.24, 2.45) is 11.7 Å². The van der Waals surface area contributed by atoms with E-state index in [1.807, 2.05) is 0 Å². The number of primary amides is 1. The molecule has 8 nitrogen and oxygen atoms in total. The Bertz CT molecular complexity index is 818. The van der Waals surface area contributed by atoms with Gasteiger partial charge in [0.05, 0.1) is 6.42 Å². The fourth-order valence-corrected chi connectivity index (χ4v) is 3.18. The molecule has 1 saturated carbocycles. The van der Waals surface area contributed by atoms with Crippen molar-refractivity contribution in [3.63, 3.8) is 0 Å². The van der Waals surface area contributed by atoms with E-state index in [0.717, 1.165) is 5.56 Å². The first kappa shape index (κ1) is 24.4. The highest BCUT2D eigenvalue weighted by atomic mass is 16.6. The van der Waals surface area contributed by atoms with Gasteiger partial charge in [0, 0.05) is 11.5 Å². The molecule has 0 spiro atoms. The second-order valence-corrected chi connectivity index (χ2v) is 9.83. The van der Waals surface area contributed by atoms with Crippen LogP contribution in [0.3, 0.4) is 0 Å². The lowest BCUT2D eigenvalue weighted by Gasteiger charge is -2.24. The fourth-order valence-electron chi connectivity index (χ4n) is 3.18. The van der Waals surface area contributed by atoms with Gasteiger partial charge in [-0.15, -0.1) is 0 Å². The molecule has 0 aromatic heterocycles. The maximum absolute atomic E-state index is 13.1. The van der Waals surface area contributed by atoms with Gasteiger partial charge in [0.1, 0.15) is 17.2 Å². The van der Waals surface area contributed by atoms with Crippen molar-refractivity contribution in [3.05, 3.63) is 35.4 Å². The molecule has 0 aliphatic heterocycles. The molecule has 0 bridgehead atoms. The van der Waals surface area contributed by atoms with Crippen LogP contribution in [0.15, 0.2) is 24.3 Å². The van der Waals surface area contributed by atoms with E-state index in [1.54, 1.807) is 65.8 Å². The van der Waals surface area contributed by atoms with Crippen molar-refractivity contribution in [2.45, 2.75) is 77.5 Å². The van der Waals surface area contributed by atoms with Crippen molar-refractivity contribution >= 4 is 23.8 Å². The number of ketones is 1. The second-order valence-electron chi connectivity index (χ2n) is 9.83. The van der Waals surface area contributed by atoms with E-state index in [1.165, 1.54) is 0 Å². The van der Waals surface area contributed by atoms with E-state index in [2.05, 4.69) is 5.32 Å². The summed E-state index contributed by atoms with van der Waals surface area (Å²) >= 11 is 0. The molecular weight excluding hydrogens is 400 g/mol. The number of alkyl carbamates (subject to hydrolysis) is 1. The maximum Gasteiger partial charge on any atom is 0.408 e. The summed E-state index contributed by atoms with van der Waals surface area (Å²) in [6.07, 6.45) is -0.429. The summed E-state index contributed by atoms with van der Waals surface area (Å²) in [5.74, 6) is -1.48. The normalized spacial score (nSPS) is 19.2. The molecule has 1 aromatic carbocycles. The molecule has 2 rings (SSSR count). The highest BCUT2D eigenvalue weighted by molar-refractivity contribution is 6.03. The first-order valence-electron chi connectivity index (χ1n) is 10.3. The summed E-state index contributed by atoms with van der Waals surface area (Å²) < 4.78 is 10.5. The van der Waals surface area contributed by atoms with Crippen molar-refractivity contribution in [1.29, 1.82) is 0 Å². The summed E-state index contributed by atoms with van der Waals surface area (Å²) in [5.41, 5.74) is 5.10. The average Bonchev–Trinajstić information content (AvgIpc) is 3.38. The van der Waals surface area contributed by atoms with Gasteiger partial charge in [0.15, 0.2) is 5.78 Å².